The van der Waals surface area contributed by atoms with Gasteiger partial charge in [-0.05, 0) is 61.6 Å². The summed E-state index contributed by atoms with van der Waals surface area (Å²) in [7, 11) is 0. The number of piperidine rings is 1. The number of carbonyl (C=O) groups excluding carboxylic acids is 1. The first-order valence-electron chi connectivity index (χ1n) is 10.1. The summed E-state index contributed by atoms with van der Waals surface area (Å²) < 4.78 is 11.2. The molecule has 2 amide bonds. The summed E-state index contributed by atoms with van der Waals surface area (Å²) in [4.78, 5) is 18.4. The molecule has 1 aliphatic heterocycles. The van der Waals surface area contributed by atoms with Crippen molar-refractivity contribution in [3.63, 3.8) is 0 Å². The lowest BCUT2D eigenvalue weighted by Gasteiger charge is -2.34. The van der Waals surface area contributed by atoms with Crippen LogP contribution in [0, 0.1) is 0 Å². The van der Waals surface area contributed by atoms with E-state index in [0.29, 0.717) is 19.6 Å². The van der Waals surface area contributed by atoms with Gasteiger partial charge < -0.3 is 19.1 Å². The summed E-state index contributed by atoms with van der Waals surface area (Å²) >= 11 is 1.65. The largest absolute Gasteiger partial charge is 0.468 e. The maximum Gasteiger partial charge on any atom is 0.318 e. The zero-order valence-electron chi connectivity index (χ0n) is 16.5. The van der Waals surface area contributed by atoms with Crippen LogP contribution in [0.2, 0.25) is 0 Å². The van der Waals surface area contributed by atoms with Gasteiger partial charge in [0.25, 0.3) is 0 Å². The minimum atomic E-state index is -0.0941. The number of hydrogen-bond acceptors (Lipinski definition) is 5. The Bertz CT molecular complexity index is 804. The van der Waals surface area contributed by atoms with Crippen molar-refractivity contribution in [2.45, 2.75) is 38.4 Å². The van der Waals surface area contributed by atoms with Gasteiger partial charge in [-0.15, -0.1) is 11.3 Å². The number of nitrogens with zero attached hydrogens (tertiary/aromatic N) is 2. The first-order chi connectivity index (χ1) is 14.3. The second kappa shape index (κ2) is 9.80. The van der Waals surface area contributed by atoms with Crippen LogP contribution >= 0.6 is 11.3 Å². The molecule has 0 radical (unpaired) electrons. The van der Waals surface area contributed by atoms with E-state index in [1.165, 1.54) is 19.3 Å². The first-order valence-corrected chi connectivity index (χ1v) is 11.0. The SMILES string of the molecule is O=C(NCC(c1ccco1)N1CCCCC1)N(Cc1ccco1)Cc1cccs1. The zero-order valence-corrected chi connectivity index (χ0v) is 17.3. The van der Waals surface area contributed by atoms with Crippen LogP contribution in [-0.2, 0) is 13.1 Å². The molecule has 0 aliphatic carbocycles. The Kier molecular flexibility index (Phi) is 6.69. The van der Waals surface area contributed by atoms with E-state index in [0.717, 1.165) is 29.5 Å². The molecule has 29 heavy (non-hydrogen) atoms. The Morgan fingerprint density at radius 1 is 1.07 bits per heavy atom. The van der Waals surface area contributed by atoms with Crippen molar-refractivity contribution in [1.29, 1.82) is 0 Å². The highest BCUT2D eigenvalue weighted by Crippen LogP contribution is 2.25. The smallest absolute Gasteiger partial charge is 0.318 e. The second-order valence-corrected chi connectivity index (χ2v) is 8.36. The highest BCUT2D eigenvalue weighted by Gasteiger charge is 2.26. The molecule has 6 nitrogen and oxygen atoms in total. The molecule has 1 unspecified atom stereocenters. The monoisotopic (exact) mass is 413 g/mol. The van der Waals surface area contributed by atoms with Crippen molar-refractivity contribution in [3.05, 3.63) is 70.7 Å². The molecule has 1 saturated heterocycles. The minimum Gasteiger partial charge on any atom is -0.468 e. The van der Waals surface area contributed by atoms with Crippen LogP contribution in [0.15, 0.2) is 63.1 Å². The van der Waals surface area contributed by atoms with Crippen LogP contribution in [0.5, 0.6) is 0 Å². The summed E-state index contributed by atoms with van der Waals surface area (Å²) in [5, 5.41) is 5.17. The Balaban J connectivity index is 1.43. The van der Waals surface area contributed by atoms with Crippen LogP contribution in [0.3, 0.4) is 0 Å². The molecule has 0 bridgehead atoms. The van der Waals surface area contributed by atoms with Crippen molar-refractivity contribution >= 4 is 17.4 Å². The Labute approximate surface area is 175 Å². The predicted molar refractivity (Wildman–Crippen MR) is 113 cm³/mol. The van der Waals surface area contributed by atoms with Gasteiger partial charge in [0.05, 0.1) is 31.7 Å². The molecule has 1 atom stereocenters. The fourth-order valence-corrected chi connectivity index (χ4v) is 4.52. The van der Waals surface area contributed by atoms with Crippen LogP contribution < -0.4 is 5.32 Å². The van der Waals surface area contributed by atoms with Crippen LogP contribution in [0.4, 0.5) is 4.79 Å². The van der Waals surface area contributed by atoms with Gasteiger partial charge in [-0.3, -0.25) is 4.90 Å². The van der Waals surface area contributed by atoms with E-state index in [-0.39, 0.29) is 12.1 Å². The third-order valence-electron chi connectivity index (χ3n) is 5.29. The first kappa shape index (κ1) is 19.8. The summed E-state index contributed by atoms with van der Waals surface area (Å²) in [6.45, 7) is 3.58. The predicted octanol–water partition coefficient (Wildman–Crippen LogP) is 4.87. The molecule has 1 fully saturated rings. The van der Waals surface area contributed by atoms with E-state index in [1.807, 2.05) is 41.8 Å². The summed E-state index contributed by atoms with van der Waals surface area (Å²) in [5.41, 5.74) is 0. The second-order valence-electron chi connectivity index (χ2n) is 7.33. The fraction of sp³-hybridized carbons (Fsp3) is 0.409. The molecular weight excluding hydrogens is 386 g/mol. The van der Waals surface area contributed by atoms with E-state index in [4.69, 9.17) is 8.83 Å². The number of rotatable bonds is 8. The number of furan rings is 2. The number of thiophene rings is 1. The maximum absolute atomic E-state index is 13.1. The average Bonchev–Trinajstić information content (AvgIpc) is 3.52. The molecule has 1 aliphatic rings. The molecule has 3 aromatic heterocycles. The summed E-state index contributed by atoms with van der Waals surface area (Å²) in [5.74, 6) is 1.68. The van der Waals surface area contributed by atoms with Crippen LogP contribution in [0.1, 0.15) is 41.7 Å². The van der Waals surface area contributed by atoms with Gasteiger partial charge in [0, 0.05) is 11.4 Å². The van der Waals surface area contributed by atoms with Gasteiger partial charge in [0.15, 0.2) is 0 Å². The average molecular weight is 414 g/mol. The van der Waals surface area contributed by atoms with Gasteiger partial charge in [-0.2, -0.15) is 0 Å². The molecule has 1 N–H and O–H groups in total. The summed E-state index contributed by atoms with van der Waals surface area (Å²) in [6.07, 6.45) is 6.99. The van der Waals surface area contributed by atoms with Crippen molar-refractivity contribution in [1.82, 2.24) is 15.1 Å². The van der Waals surface area contributed by atoms with E-state index < -0.39 is 0 Å². The van der Waals surface area contributed by atoms with Gasteiger partial charge in [-0.1, -0.05) is 12.5 Å². The molecule has 0 saturated carbocycles. The van der Waals surface area contributed by atoms with Crippen molar-refractivity contribution in [3.8, 4) is 0 Å². The van der Waals surface area contributed by atoms with Crippen molar-refractivity contribution in [2.24, 2.45) is 0 Å². The lowest BCUT2D eigenvalue weighted by Crippen LogP contribution is -2.44. The van der Waals surface area contributed by atoms with E-state index in [9.17, 15) is 4.79 Å². The van der Waals surface area contributed by atoms with Gasteiger partial charge in [0.1, 0.15) is 11.5 Å². The van der Waals surface area contributed by atoms with E-state index in [1.54, 1.807) is 28.8 Å². The lowest BCUT2D eigenvalue weighted by molar-refractivity contribution is 0.138. The molecule has 4 rings (SSSR count). The topological polar surface area (TPSA) is 61.9 Å². The molecular formula is C22H27N3O3S. The number of nitrogens with one attached hydrogen (secondary N) is 1. The van der Waals surface area contributed by atoms with E-state index in [2.05, 4.69) is 10.2 Å². The third-order valence-corrected chi connectivity index (χ3v) is 6.15. The normalized spacial score (nSPS) is 15.9. The number of carbonyl (C=O) groups is 1. The molecule has 0 spiro atoms. The van der Waals surface area contributed by atoms with Crippen molar-refractivity contribution in [2.75, 3.05) is 19.6 Å². The molecule has 154 valence electrons. The fourth-order valence-electron chi connectivity index (χ4n) is 3.80. The van der Waals surface area contributed by atoms with Gasteiger partial charge in [-0.25, -0.2) is 4.79 Å². The highest BCUT2D eigenvalue weighted by atomic mass is 32.1. The highest BCUT2D eigenvalue weighted by molar-refractivity contribution is 7.09. The quantitative estimate of drug-likeness (QED) is 0.572. The number of likely N-dealkylation sites (tertiary alicyclic amines) is 1. The van der Waals surface area contributed by atoms with Gasteiger partial charge >= 0.3 is 6.03 Å². The lowest BCUT2D eigenvalue weighted by atomic mass is 10.1. The minimum absolute atomic E-state index is 0.0569. The molecule has 3 aromatic rings. The molecule has 0 aromatic carbocycles. The molecule has 4 heterocycles. The zero-order chi connectivity index (χ0) is 19.9. The van der Waals surface area contributed by atoms with Crippen molar-refractivity contribution < 1.29 is 13.6 Å². The Hall–Kier alpha value is -2.51. The molecule has 7 heteroatoms. The third kappa shape index (κ3) is 5.31. The van der Waals surface area contributed by atoms with Crippen LogP contribution in [-0.4, -0.2) is 35.5 Å². The summed E-state index contributed by atoms with van der Waals surface area (Å²) in [6, 6.07) is 11.7. The maximum atomic E-state index is 13.1. The van der Waals surface area contributed by atoms with Gasteiger partial charge in [0.2, 0.25) is 0 Å². The van der Waals surface area contributed by atoms with Crippen LogP contribution in [0.25, 0.3) is 0 Å². The number of hydrogen-bond donors (Lipinski definition) is 1. The standard InChI is InChI=1S/C22H27N3O3S/c26-22(25(16-18-7-4-12-27-18)17-19-8-6-14-29-19)23-15-20(21-9-5-13-28-21)24-10-2-1-3-11-24/h4-9,12-14,20H,1-3,10-11,15-17H2,(H,23,26). The number of amides is 2. The van der Waals surface area contributed by atoms with E-state index >= 15 is 0 Å². The number of urea groups is 1. The Morgan fingerprint density at radius 3 is 2.59 bits per heavy atom. The Morgan fingerprint density at radius 2 is 1.90 bits per heavy atom.